The van der Waals surface area contributed by atoms with Crippen LogP contribution in [-0.2, 0) is 21.2 Å². The quantitative estimate of drug-likeness (QED) is 0.697. The second-order valence-corrected chi connectivity index (χ2v) is 10.1. The summed E-state index contributed by atoms with van der Waals surface area (Å²) in [6.07, 6.45) is 0.514. The highest BCUT2D eigenvalue weighted by Gasteiger charge is 2.34. The Morgan fingerprint density at radius 1 is 1.21 bits per heavy atom. The van der Waals surface area contributed by atoms with Gasteiger partial charge in [-0.1, -0.05) is 18.2 Å². The average Bonchev–Trinajstić information content (AvgIpc) is 3.23. The molecule has 6 nitrogen and oxygen atoms in total. The number of rotatable bonds is 5. The van der Waals surface area contributed by atoms with E-state index < -0.39 is 15.9 Å². The molecule has 0 aliphatic carbocycles. The van der Waals surface area contributed by atoms with Gasteiger partial charge < -0.3 is 14.8 Å². The predicted molar refractivity (Wildman–Crippen MR) is 118 cm³/mol. The van der Waals surface area contributed by atoms with Crippen molar-refractivity contribution in [3.05, 3.63) is 42.5 Å². The van der Waals surface area contributed by atoms with E-state index in [0.717, 1.165) is 17.6 Å². The lowest BCUT2D eigenvalue weighted by atomic mass is 10.1. The summed E-state index contributed by atoms with van der Waals surface area (Å²) >= 11 is 0. The molecule has 2 unspecified atom stereocenters. The van der Waals surface area contributed by atoms with Crippen LogP contribution in [0.4, 0.5) is 5.69 Å². The van der Waals surface area contributed by atoms with Crippen LogP contribution in [0.5, 0.6) is 0 Å². The van der Waals surface area contributed by atoms with Crippen LogP contribution < -0.4 is 5.32 Å². The van der Waals surface area contributed by atoms with Crippen molar-refractivity contribution < 1.29 is 13.2 Å². The molecule has 7 heteroatoms. The van der Waals surface area contributed by atoms with Gasteiger partial charge in [0, 0.05) is 47.1 Å². The first-order valence-electron chi connectivity index (χ1n) is 10.1. The molecule has 0 spiro atoms. The van der Waals surface area contributed by atoms with Crippen molar-refractivity contribution in [1.29, 1.82) is 0 Å². The number of likely N-dealkylation sites (N-methyl/N-ethyl adjacent to an activating group) is 1. The number of sulfone groups is 1. The van der Waals surface area contributed by atoms with E-state index in [1.54, 1.807) is 11.9 Å². The van der Waals surface area contributed by atoms with Gasteiger partial charge >= 0.3 is 0 Å². The highest BCUT2D eigenvalue weighted by atomic mass is 32.2. The molecular weight excluding hydrogens is 386 g/mol. The van der Waals surface area contributed by atoms with Crippen LogP contribution in [-0.4, -0.2) is 54.4 Å². The number of hydrogen-bond donors (Lipinski definition) is 1. The summed E-state index contributed by atoms with van der Waals surface area (Å²) < 4.78 is 25.8. The number of para-hydroxylation sites is 1. The smallest absolute Gasteiger partial charge is 0.244 e. The number of anilines is 1. The van der Waals surface area contributed by atoms with Gasteiger partial charge in [-0.3, -0.25) is 4.79 Å². The first kappa shape index (κ1) is 19.8. The Kier molecular flexibility index (Phi) is 5.02. The Balaban J connectivity index is 1.57. The molecule has 2 atom stereocenters. The molecule has 1 aliphatic heterocycles. The van der Waals surface area contributed by atoms with Crippen LogP contribution in [0.15, 0.2) is 42.5 Å². The second kappa shape index (κ2) is 7.37. The van der Waals surface area contributed by atoms with E-state index >= 15 is 0 Å². The zero-order valence-corrected chi connectivity index (χ0v) is 17.9. The van der Waals surface area contributed by atoms with Gasteiger partial charge in [0.25, 0.3) is 0 Å². The maximum absolute atomic E-state index is 12.8. The van der Waals surface area contributed by atoms with Crippen LogP contribution in [0.25, 0.3) is 21.8 Å². The summed E-state index contributed by atoms with van der Waals surface area (Å²) in [5, 5.41) is 5.65. The lowest BCUT2D eigenvalue weighted by Crippen LogP contribution is -2.45. The third-order valence-corrected chi connectivity index (χ3v) is 7.70. The fourth-order valence-corrected chi connectivity index (χ4v) is 6.14. The zero-order valence-electron chi connectivity index (χ0n) is 17.1. The van der Waals surface area contributed by atoms with Gasteiger partial charge in [-0.15, -0.1) is 0 Å². The molecule has 1 fully saturated rings. The molecule has 0 saturated carbocycles. The van der Waals surface area contributed by atoms with Crippen LogP contribution >= 0.6 is 0 Å². The molecule has 1 aromatic heterocycles. The van der Waals surface area contributed by atoms with Crippen LogP contribution in [0, 0.1) is 0 Å². The van der Waals surface area contributed by atoms with Gasteiger partial charge in [0.15, 0.2) is 9.84 Å². The number of aryl methyl sites for hydroxylation is 1. The Hall–Kier alpha value is -2.54. The molecular formula is C22H27N3O3S. The summed E-state index contributed by atoms with van der Waals surface area (Å²) in [5.74, 6) is 0.128. The summed E-state index contributed by atoms with van der Waals surface area (Å²) in [4.78, 5) is 14.4. The number of hydrogen-bond acceptors (Lipinski definition) is 4. The van der Waals surface area contributed by atoms with E-state index in [0.29, 0.717) is 6.42 Å². The van der Waals surface area contributed by atoms with Gasteiger partial charge in [-0.2, -0.15) is 0 Å². The van der Waals surface area contributed by atoms with E-state index in [4.69, 9.17) is 0 Å². The molecule has 29 heavy (non-hydrogen) atoms. The summed E-state index contributed by atoms with van der Waals surface area (Å²) in [7, 11) is -1.32. The normalized spacial score (nSPS) is 19.5. The Bertz CT molecular complexity index is 1180. The van der Waals surface area contributed by atoms with E-state index in [-0.39, 0.29) is 23.5 Å². The van der Waals surface area contributed by atoms with Crippen molar-refractivity contribution in [2.45, 2.75) is 38.9 Å². The summed E-state index contributed by atoms with van der Waals surface area (Å²) in [5.41, 5.74) is 3.25. The zero-order chi connectivity index (χ0) is 20.8. The van der Waals surface area contributed by atoms with Gasteiger partial charge in [-0.05, 0) is 44.5 Å². The van der Waals surface area contributed by atoms with E-state index in [9.17, 15) is 13.2 Å². The van der Waals surface area contributed by atoms with Gasteiger partial charge in [-0.25, -0.2) is 8.42 Å². The summed E-state index contributed by atoms with van der Waals surface area (Å²) in [6.45, 7) is 4.85. The number of fused-ring (bicyclic) bond motifs is 3. The number of carbonyl (C=O) groups is 1. The molecule has 1 N–H and O–H groups in total. The molecule has 3 aromatic rings. The largest absolute Gasteiger partial charge is 0.374 e. The van der Waals surface area contributed by atoms with Crippen LogP contribution in [0.2, 0.25) is 0 Å². The molecule has 1 amide bonds. The molecule has 1 saturated heterocycles. The van der Waals surface area contributed by atoms with Crippen LogP contribution in [0.3, 0.4) is 0 Å². The SMILES string of the molecule is CCn1c2ccccc2c2cc(NC(C)C(=O)N(C)C3CCS(=O)(=O)C3)ccc21. The number of aromatic nitrogens is 1. The monoisotopic (exact) mass is 413 g/mol. The number of benzene rings is 2. The standard InChI is InChI=1S/C22H27N3O3S/c1-4-25-20-8-6-5-7-18(20)19-13-16(9-10-21(19)25)23-15(2)22(26)24(3)17-11-12-29(27,28)14-17/h5-10,13,15,17,23H,4,11-12,14H2,1-3H3. The number of nitrogens with one attached hydrogen (secondary N) is 1. The number of amides is 1. The molecule has 1 aliphatic rings. The Labute approximate surface area is 171 Å². The van der Waals surface area contributed by atoms with Gasteiger partial charge in [0.05, 0.1) is 11.5 Å². The number of carbonyl (C=O) groups excluding carboxylic acids is 1. The lowest BCUT2D eigenvalue weighted by molar-refractivity contribution is -0.132. The maximum atomic E-state index is 12.8. The molecule has 4 rings (SSSR count). The molecule has 2 aromatic carbocycles. The molecule has 154 valence electrons. The van der Waals surface area contributed by atoms with E-state index in [2.05, 4.69) is 41.1 Å². The molecule has 2 heterocycles. The van der Waals surface area contributed by atoms with Crippen molar-refractivity contribution in [3.8, 4) is 0 Å². The first-order chi connectivity index (χ1) is 13.8. The predicted octanol–water partition coefficient (Wildman–Crippen LogP) is 3.26. The average molecular weight is 414 g/mol. The van der Waals surface area contributed by atoms with Crippen LogP contribution in [0.1, 0.15) is 20.3 Å². The van der Waals surface area contributed by atoms with Crippen molar-refractivity contribution in [2.75, 3.05) is 23.9 Å². The Morgan fingerprint density at radius 3 is 2.62 bits per heavy atom. The van der Waals surface area contributed by atoms with Crippen molar-refractivity contribution >= 4 is 43.2 Å². The molecule has 0 radical (unpaired) electrons. The lowest BCUT2D eigenvalue weighted by Gasteiger charge is -2.27. The topological polar surface area (TPSA) is 71.4 Å². The van der Waals surface area contributed by atoms with Gasteiger partial charge in [0.1, 0.15) is 6.04 Å². The van der Waals surface area contributed by atoms with Gasteiger partial charge in [0.2, 0.25) is 5.91 Å². The fourth-order valence-electron chi connectivity index (χ4n) is 4.36. The summed E-state index contributed by atoms with van der Waals surface area (Å²) in [6, 6.07) is 13.8. The minimum atomic E-state index is -3.02. The molecule has 0 bridgehead atoms. The van der Waals surface area contributed by atoms with E-state index in [1.807, 2.05) is 25.1 Å². The number of nitrogens with zero attached hydrogens (tertiary/aromatic N) is 2. The van der Waals surface area contributed by atoms with Crippen molar-refractivity contribution in [2.24, 2.45) is 0 Å². The van der Waals surface area contributed by atoms with Crippen molar-refractivity contribution in [1.82, 2.24) is 9.47 Å². The minimum absolute atomic E-state index is 0.0600. The third kappa shape index (κ3) is 3.59. The third-order valence-electron chi connectivity index (χ3n) is 5.95. The fraction of sp³-hybridized carbons (Fsp3) is 0.409. The van der Waals surface area contributed by atoms with Crippen molar-refractivity contribution in [3.63, 3.8) is 0 Å². The highest BCUT2D eigenvalue weighted by molar-refractivity contribution is 7.91. The highest BCUT2D eigenvalue weighted by Crippen LogP contribution is 2.31. The minimum Gasteiger partial charge on any atom is -0.374 e. The van der Waals surface area contributed by atoms with E-state index in [1.165, 1.54) is 16.4 Å². The maximum Gasteiger partial charge on any atom is 0.244 e. The first-order valence-corrected chi connectivity index (χ1v) is 11.9. The Morgan fingerprint density at radius 2 is 1.93 bits per heavy atom. The second-order valence-electron chi connectivity index (χ2n) is 7.87.